The van der Waals surface area contributed by atoms with Crippen LogP contribution in [0.5, 0.6) is 0 Å². The Labute approximate surface area is 102 Å². The minimum absolute atomic E-state index is 0.236. The van der Waals surface area contributed by atoms with Gasteiger partial charge in [-0.25, -0.2) is 0 Å². The van der Waals surface area contributed by atoms with Gasteiger partial charge in [-0.2, -0.15) is 0 Å². The quantitative estimate of drug-likeness (QED) is 0.429. The van der Waals surface area contributed by atoms with Gasteiger partial charge in [-0.05, 0) is 40.5 Å². The van der Waals surface area contributed by atoms with Crippen LogP contribution in [0.15, 0.2) is 12.2 Å². The lowest BCUT2D eigenvalue weighted by Crippen LogP contribution is -2.49. The number of hydrogen-bond acceptors (Lipinski definition) is 4. The van der Waals surface area contributed by atoms with Gasteiger partial charge in [0.2, 0.25) is 0 Å². The minimum Gasteiger partial charge on any atom is -0.462 e. The van der Waals surface area contributed by atoms with E-state index in [4.69, 9.17) is 9.47 Å². The fourth-order valence-corrected chi connectivity index (χ4v) is 1.83. The molecule has 0 aromatic rings. The van der Waals surface area contributed by atoms with Crippen LogP contribution in [-0.4, -0.2) is 24.1 Å². The SMILES string of the molecule is C=C1CC(C(=O)OC(C)C)(C(=O)OC(C)C)C1. The lowest BCUT2D eigenvalue weighted by molar-refractivity contribution is -0.180. The molecule has 17 heavy (non-hydrogen) atoms. The summed E-state index contributed by atoms with van der Waals surface area (Å²) in [4.78, 5) is 23.9. The highest BCUT2D eigenvalue weighted by Gasteiger charge is 2.56. The molecule has 0 atom stereocenters. The molecule has 0 aliphatic heterocycles. The Kier molecular flexibility index (Phi) is 3.96. The monoisotopic (exact) mass is 240 g/mol. The molecule has 4 heteroatoms. The van der Waals surface area contributed by atoms with E-state index in [1.807, 2.05) is 0 Å². The van der Waals surface area contributed by atoms with Crippen molar-refractivity contribution in [1.29, 1.82) is 0 Å². The zero-order valence-corrected chi connectivity index (χ0v) is 10.9. The number of rotatable bonds is 4. The molecular weight excluding hydrogens is 220 g/mol. The zero-order chi connectivity index (χ0) is 13.2. The van der Waals surface area contributed by atoms with Gasteiger partial charge in [-0.1, -0.05) is 12.2 Å². The molecule has 1 aliphatic carbocycles. The normalized spacial score (nSPS) is 17.9. The summed E-state index contributed by atoms with van der Waals surface area (Å²) in [5.74, 6) is -0.990. The van der Waals surface area contributed by atoms with Crippen molar-refractivity contribution in [2.24, 2.45) is 5.41 Å². The number of carbonyl (C=O) groups is 2. The molecule has 0 N–H and O–H groups in total. The van der Waals surface area contributed by atoms with E-state index < -0.39 is 17.4 Å². The first-order valence-corrected chi connectivity index (χ1v) is 5.87. The predicted molar refractivity (Wildman–Crippen MR) is 63.3 cm³/mol. The molecule has 1 saturated carbocycles. The Morgan fingerprint density at radius 1 is 1.06 bits per heavy atom. The fraction of sp³-hybridized carbons (Fsp3) is 0.692. The van der Waals surface area contributed by atoms with Crippen LogP contribution >= 0.6 is 0 Å². The van der Waals surface area contributed by atoms with Crippen molar-refractivity contribution in [3.63, 3.8) is 0 Å². The molecule has 0 spiro atoms. The first-order valence-electron chi connectivity index (χ1n) is 5.87. The Bertz CT molecular complexity index is 309. The van der Waals surface area contributed by atoms with Crippen LogP contribution < -0.4 is 0 Å². The van der Waals surface area contributed by atoms with E-state index in [9.17, 15) is 9.59 Å². The van der Waals surface area contributed by atoms with Crippen molar-refractivity contribution in [1.82, 2.24) is 0 Å². The molecule has 0 bridgehead atoms. The van der Waals surface area contributed by atoms with E-state index >= 15 is 0 Å². The van der Waals surface area contributed by atoms with Crippen molar-refractivity contribution < 1.29 is 19.1 Å². The van der Waals surface area contributed by atoms with Crippen molar-refractivity contribution in [3.05, 3.63) is 12.2 Å². The van der Waals surface area contributed by atoms with Crippen LogP contribution in [-0.2, 0) is 19.1 Å². The average Bonchev–Trinajstić information content (AvgIpc) is 2.09. The summed E-state index contributed by atoms with van der Waals surface area (Å²) in [7, 11) is 0. The van der Waals surface area contributed by atoms with E-state index in [1.54, 1.807) is 27.7 Å². The summed E-state index contributed by atoms with van der Waals surface area (Å²) < 4.78 is 10.3. The van der Waals surface area contributed by atoms with Gasteiger partial charge in [0.15, 0.2) is 5.41 Å². The van der Waals surface area contributed by atoms with Crippen LogP contribution in [0.3, 0.4) is 0 Å². The molecule has 0 unspecified atom stereocenters. The third kappa shape index (κ3) is 2.87. The van der Waals surface area contributed by atoms with Crippen molar-refractivity contribution in [3.8, 4) is 0 Å². The van der Waals surface area contributed by atoms with Gasteiger partial charge < -0.3 is 9.47 Å². The summed E-state index contributed by atoms with van der Waals surface area (Å²) in [6, 6.07) is 0. The molecule has 1 aliphatic rings. The maximum atomic E-state index is 12.0. The molecule has 1 fully saturated rings. The van der Waals surface area contributed by atoms with E-state index in [2.05, 4.69) is 6.58 Å². The third-order valence-corrected chi connectivity index (χ3v) is 2.57. The summed E-state index contributed by atoms with van der Waals surface area (Å²) >= 11 is 0. The van der Waals surface area contributed by atoms with Crippen molar-refractivity contribution >= 4 is 11.9 Å². The molecule has 96 valence electrons. The molecule has 0 amide bonds. The topological polar surface area (TPSA) is 52.6 Å². The first kappa shape index (κ1) is 13.7. The van der Waals surface area contributed by atoms with Crippen LogP contribution in [0.1, 0.15) is 40.5 Å². The number of allylic oxidation sites excluding steroid dienone is 1. The maximum absolute atomic E-state index is 12.0. The third-order valence-electron chi connectivity index (χ3n) is 2.57. The van der Waals surface area contributed by atoms with E-state index in [0.29, 0.717) is 12.8 Å². The van der Waals surface area contributed by atoms with Gasteiger partial charge in [-0.15, -0.1) is 0 Å². The molecule has 1 rings (SSSR count). The molecular formula is C13H20O4. The van der Waals surface area contributed by atoms with E-state index in [-0.39, 0.29) is 12.2 Å². The zero-order valence-electron chi connectivity index (χ0n) is 10.9. The van der Waals surface area contributed by atoms with Gasteiger partial charge in [0.25, 0.3) is 0 Å². The van der Waals surface area contributed by atoms with Gasteiger partial charge in [0.05, 0.1) is 12.2 Å². The summed E-state index contributed by atoms with van der Waals surface area (Å²) in [5.41, 5.74) is -0.266. The van der Waals surface area contributed by atoms with E-state index in [1.165, 1.54) is 0 Å². The van der Waals surface area contributed by atoms with Crippen LogP contribution in [0.4, 0.5) is 0 Å². The molecule has 0 radical (unpaired) electrons. The van der Waals surface area contributed by atoms with Gasteiger partial charge >= 0.3 is 11.9 Å². The fourth-order valence-electron chi connectivity index (χ4n) is 1.83. The van der Waals surface area contributed by atoms with Gasteiger partial charge in [-0.3, -0.25) is 9.59 Å². The largest absolute Gasteiger partial charge is 0.462 e. The Morgan fingerprint density at radius 3 is 1.65 bits per heavy atom. The summed E-state index contributed by atoms with van der Waals surface area (Å²) in [6.45, 7) is 10.8. The smallest absolute Gasteiger partial charge is 0.324 e. The van der Waals surface area contributed by atoms with Gasteiger partial charge in [0, 0.05) is 0 Å². The van der Waals surface area contributed by atoms with Crippen molar-refractivity contribution in [2.75, 3.05) is 0 Å². The molecule has 0 heterocycles. The lowest BCUT2D eigenvalue weighted by atomic mass is 9.66. The maximum Gasteiger partial charge on any atom is 0.324 e. The first-order chi connectivity index (χ1) is 7.78. The number of esters is 2. The highest BCUT2D eigenvalue weighted by molar-refractivity contribution is 6.02. The molecule has 0 aromatic carbocycles. The molecule has 4 nitrogen and oxygen atoms in total. The van der Waals surface area contributed by atoms with Crippen LogP contribution in [0.25, 0.3) is 0 Å². The average molecular weight is 240 g/mol. The second kappa shape index (κ2) is 4.90. The van der Waals surface area contributed by atoms with Gasteiger partial charge in [0.1, 0.15) is 0 Å². The summed E-state index contributed by atoms with van der Waals surface area (Å²) in [5, 5.41) is 0. The predicted octanol–water partition coefficient (Wildman–Crippen LogP) is 2.23. The molecule has 0 saturated heterocycles. The Balaban J connectivity index is 2.80. The lowest BCUT2D eigenvalue weighted by Gasteiger charge is -2.39. The molecule has 0 aromatic heterocycles. The number of ether oxygens (including phenoxy) is 2. The second-order valence-corrected chi connectivity index (χ2v) is 5.09. The van der Waals surface area contributed by atoms with Crippen molar-refractivity contribution in [2.45, 2.75) is 52.7 Å². The number of carbonyl (C=O) groups excluding carboxylic acids is 2. The van der Waals surface area contributed by atoms with E-state index in [0.717, 1.165) is 5.57 Å². The highest BCUT2D eigenvalue weighted by Crippen LogP contribution is 2.46. The number of hydrogen-bond donors (Lipinski definition) is 0. The minimum atomic E-state index is -1.15. The van der Waals surface area contributed by atoms with Crippen LogP contribution in [0.2, 0.25) is 0 Å². The Morgan fingerprint density at radius 2 is 1.41 bits per heavy atom. The van der Waals surface area contributed by atoms with Crippen LogP contribution in [0, 0.1) is 5.41 Å². The highest BCUT2D eigenvalue weighted by atomic mass is 16.6. The summed E-state index contributed by atoms with van der Waals surface area (Å²) in [6.07, 6.45) is 0.203. The standard InChI is InChI=1S/C13H20O4/c1-8(2)16-11(14)13(6-10(5)7-13)12(15)17-9(3)4/h8-9H,5-7H2,1-4H3. The Hall–Kier alpha value is -1.32. The second-order valence-electron chi connectivity index (χ2n) is 5.09.